The third kappa shape index (κ3) is 3.32. The fourth-order valence-electron chi connectivity index (χ4n) is 5.62. The molecular weight excluding hydrogens is 513 g/mol. The maximum absolute atomic E-state index is 14.9. The van der Waals surface area contributed by atoms with E-state index < -0.39 is 7.14 Å². The van der Waals surface area contributed by atoms with Gasteiger partial charge < -0.3 is 8.98 Å². The summed E-state index contributed by atoms with van der Waals surface area (Å²) in [5.74, 6) is 0.532. The van der Waals surface area contributed by atoms with Crippen molar-refractivity contribution in [3.8, 4) is 11.3 Å². The number of hydrogen-bond donors (Lipinski definition) is 0. The van der Waals surface area contributed by atoms with Crippen LogP contribution in [0.5, 0.6) is 0 Å². The predicted octanol–water partition coefficient (Wildman–Crippen LogP) is 7.09. The summed E-state index contributed by atoms with van der Waals surface area (Å²) in [4.78, 5) is 10.0. The zero-order valence-corrected chi connectivity index (χ0v) is 22.2. The van der Waals surface area contributed by atoms with E-state index in [0.29, 0.717) is 5.84 Å². The Morgan fingerprint density at radius 2 is 1.20 bits per heavy atom. The van der Waals surface area contributed by atoms with Crippen LogP contribution in [0.15, 0.2) is 138 Å². The minimum Gasteiger partial charge on any atom is -0.423 e. The van der Waals surface area contributed by atoms with Crippen LogP contribution in [0.3, 0.4) is 0 Å². The summed E-state index contributed by atoms with van der Waals surface area (Å²) in [6.45, 7) is 0. The first-order valence-electron chi connectivity index (χ1n) is 13.1. The van der Waals surface area contributed by atoms with Gasteiger partial charge in [-0.05, 0) is 18.2 Å². The molecule has 5 aromatic carbocycles. The molecule has 190 valence electrons. The van der Waals surface area contributed by atoms with E-state index in [1.807, 2.05) is 138 Å². The molecule has 0 unspecified atom stereocenters. The molecule has 0 amide bonds. The highest BCUT2D eigenvalue weighted by Crippen LogP contribution is 2.43. The maximum atomic E-state index is 14.9. The molecule has 0 N–H and O–H groups in total. The molecule has 6 heteroatoms. The van der Waals surface area contributed by atoms with Crippen LogP contribution in [0.4, 0.5) is 0 Å². The smallest absolute Gasteiger partial charge is 0.307 e. The molecule has 0 aliphatic rings. The molecule has 40 heavy (non-hydrogen) atoms. The Morgan fingerprint density at radius 3 is 1.93 bits per heavy atom. The molecule has 0 saturated carbocycles. The van der Waals surface area contributed by atoms with Crippen molar-refractivity contribution in [3.63, 3.8) is 0 Å². The Hall–Kier alpha value is -4.99. The summed E-state index contributed by atoms with van der Waals surface area (Å²) < 4.78 is 23.0. The van der Waals surface area contributed by atoms with Gasteiger partial charge in [0.25, 0.3) is 0 Å². The van der Waals surface area contributed by atoms with Crippen LogP contribution in [0, 0.1) is 0 Å². The topological polar surface area (TPSA) is 60.4 Å². The lowest BCUT2D eigenvalue weighted by molar-refractivity contribution is 0.592. The van der Waals surface area contributed by atoms with E-state index >= 15 is 0 Å². The zero-order valence-electron chi connectivity index (χ0n) is 21.3. The molecule has 0 aliphatic carbocycles. The van der Waals surface area contributed by atoms with Crippen LogP contribution in [0.25, 0.3) is 50.1 Å². The summed E-state index contributed by atoms with van der Waals surface area (Å²) >= 11 is 0. The molecule has 0 fully saturated rings. The number of hydrogen-bond acceptors (Lipinski definition) is 4. The van der Waals surface area contributed by atoms with Crippen molar-refractivity contribution in [2.24, 2.45) is 0 Å². The number of para-hydroxylation sites is 3. The molecule has 0 saturated heterocycles. The molecule has 3 heterocycles. The van der Waals surface area contributed by atoms with Gasteiger partial charge in [0, 0.05) is 26.9 Å². The van der Waals surface area contributed by atoms with Gasteiger partial charge in [-0.3, -0.25) is 4.40 Å². The summed E-state index contributed by atoms with van der Waals surface area (Å²) in [7, 11) is -3.08. The van der Waals surface area contributed by atoms with Crippen LogP contribution in [0.1, 0.15) is 0 Å². The van der Waals surface area contributed by atoms with Gasteiger partial charge in [0.1, 0.15) is 11.0 Å². The molecule has 0 spiro atoms. The van der Waals surface area contributed by atoms with Crippen LogP contribution in [-0.4, -0.2) is 14.4 Å². The number of imidazole rings is 1. The van der Waals surface area contributed by atoms with Gasteiger partial charge in [-0.2, -0.15) is 4.98 Å². The van der Waals surface area contributed by atoms with Crippen molar-refractivity contribution in [2.75, 3.05) is 0 Å². The Labute approximate surface area is 229 Å². The zero-order chi connectivity index (χ0) is 26.7. The Bertz CT molecular complexity index is 2190. The van der Waals surface area contributed by atoms with E-state index in [1.165, 1.54) is 0 Å². The second kappa shape index (κ2) is 8.77. The van der Waals surface area contributed by atoms with Crippen LogP contribution >= 0.6 is 7.14 Å². The van der Waals surface area contributed by atoms with E-state index in [9.17, 15) is 4.57 Å². The number of nitrogens with zero attached hydrogens (tertiary/aromatic N) is 3. The maximum Gasteiger partial charge on any atom is 0.307 e. The number of pyridine rings is 1. The third-order valence-corrected chi connectivity index (χ3v) is 10.6. The summed E-state index contributed by atoms with van der Waals surface area (Å²) in [5, 5.41) is 3.36. The third-order valence-electron chi connectivity index (χ3n) is 7.51. The number of aromatic nitrogens is 3. The van der Waals surface area contributed by atoms with Gasteiger partial charge in [0.15, 0.2) is 12.7 Å². The second-order valence-electron chi connectivity index (χ2n) is 9.80. The number of oxazole rings is 1. The van der Waals surface area contributed by atoms with Gasteiger partial charge in [-0.1, -0.05) is 115 Å². The van der Waals surface area contributed by atoms with Crippen molar-refractivity contribution < 1.29 is 8.98 Å². The fraction of sp³-hybridized carbons (Fsp3) is 0. The predicted molar refractivity (Wildman–Crippen MR) is 163 cm³/mol. The molecule has 8 rings (SSSR count). The normalized spacial score (nSPS) is 12.1. The number of benzene rings is 5. The molecular formula is C34H22N3O2P. The van der Waals surface area contributed by atoms with Crippen LogP contribution in [-0.2, 0) is 4.57 Å². The Morgan fingerprint density at radius 1 is 0.600 bits per heavy atom. The van der Waals surface area contributed by atoms with Crippen molar-refractivity contribution in [3.05, 3.63) is 133 Å². The summed E-state index contributed by atoms with van der Waals surface area (Å²) in [5.41, 5.74) is 6.01. The highest BCUT2D eigenvalue weighted by atomic mass is 31.2. The van der Waals surface area contributed by atoms with E-state index in [2.05, 4.69) is 0 Å². The van der Waals surface area contributed by atoms with E-state index in [-0.39, 0.29) is 0 Å². The van der Waals surface area contributed by atoms with E-state index in [1.54, 1.807) is 0 Å². The summed E-state index contributed by atoms with van der Waals surface area (Å²) in [6, 6.07) is 43.4. The Balaban J connectivity index is 1.38. The minimum atomic E-state index is -3.08. The molecule has 0 atom stereocenters. The number of rotatable bonds is 4. The quantitative estimate of drug-likeness (QED) is 0.226. The molecule has 0 radical (unpaired) electrons. The van der Waals surface area contributed by atoms with Gasteiger partial charge in [0.05, 0.1) is 16.7 Å². The lowest BCUT2D eigenvalue weighted by Gasteiger charge is -2.20. The molecule has 8 aromatic rings. The second-order valence-corrected chi connectivity index (χ2v) is 12.6. The first kappa shape index (κ1) is 22.9. The first-order valence-corrected chi connectivity index (χ1v) is 14.8. The largest absolute Gasteiger partial charge is 0.423 e. The van der Waals surface area contributed by atoms with Crippen molar-refractivity contribution in [2.45, 2.75) is 0 Å². The van der Waals surface area contributed by atoms with Crippen LogP contribution in [0.2, 0.25) is 0 Å². The van der Waals surface area contributed by atoms with E-state index in [0.717, 1.165) is 60.2 Å². The van der Waals surface area contributed by atoms with Crippen molar-refractivity contribution >= 4 is 61.9 Å². The molecule has 0 aliphatic heterocycles. The van der Waals surface area contributed by atoms with Gasteiger partial charge in [0.2, 0.25) is 0 Å². The first-order chi connectivity index (χ1) is 19.7. The highest BCUT2D eigenvalue weighted by Gasteiger charge is 2.29. The average Bonchev–Trinajstić information content (AvgIpc) is 3.58. The molecule has 0 bridgehead atoms. The lowest BCUT2D eigenvalue weighted by Crippen LogP contribution is -2.24. The van der Waals surface area contributed by atoms with Gasteiger partial charge >= 0.3 is 5.84 Å². The monoisotopic (exact) mass is 535 g/mol. The molecule has 3 aromatic heterocycles. The fourth-order valence-corrected chi connectivity index (χ4v) is 8.27. The SMILES string of the molecule is O=P(c1ccccc1)(c1ccccc1)c1ccc(-c2nc3ccccc3c3nc4oc5ccccc5n4c23)cc1. The number of fused-ring (bicyclic) bond motifs is 7. The molecule has 5 nitrogen and oxygen atoms in total. The van der Waals surface area contributed by atoms with Gasteiger partial charge in [-0.25, -0.2) is 4.98 Å². The Kier molecular flexibility index (Phi) is 5.03. The van der Waals surface area contributed by atoms with Crippen molar-refractivity contribution in [1.29, 1.82) is 0 Å². The van der Waals surface area contributed by atoms with Crippen LogP contribution < -0.4 is 15.9 Å². The standard InChI is InChI=1S/C34H22N3O2P/c38-40(24-11-3-1-4-12-24,25-13-5-2-6-14-25)26-21-19-23(20-22-26)31-33-32(27-15-7-8-16-28(27)35-31)36-34-37(33)29-17-9-10-18-30(29)39-34/h1-22H. The minimum absolute atomic E-state index is 0.532. The lowest BCUT2D eigenvalue weighted by atomic mass is 10.1. The van der Waals surface area contributed by atoms with Crippen molar-refractivity contribution in [1.82, 2.24) is 14.4 Å². The van der Waals surface area contributed by atoms with E-state index in [4.69, 9.17) is 14.4 Å². The highest BCUT2D eigenvalue weighted by molar-refractivity contribution is 7.85. The summed E-state index contributed by atoms with van der Waals surface area (Å²) in [6.07, 6.45) is 0. The van der Waals surface area contributed by atoms with Gasteiger partial charge in [-0.15, -0.1) is 0 Å². The average molecular weight is 536 g/mol.